The topological polar surface area (TPSA) is 66.0 Å². The van der Waals surface area contributed by atoms with Gasteiger partial charge in [-0.1, -0.05) is 6.07 Å². The number of nitrogens with zero attached hydrogens (tertiary/aromatic N) is 2. The Morgan fingerprint density at radius 2 is 1.67 bits per heavy atom. The number of halogens is 1. The molecule has 0 fully saturated rings. The van der Waals surface area contributed by atoms with Crippen molar-refractivity contribution < 1.29 is 13.9 Å². The average molecular weight is 282 g/mol. The van der Waals surface area contributed by atoms with Crippen LogP contribution < -0.4 is 9.47 Å². The number of hydrogen-bond acceptors (Lipinski definition) is 4. The minimum absolute atomic E-state index is 0.000196. The van der Waals surface area contributed by atoms with Crippen LogP contribution in [-0.2, 0) is 6.61 Å². The second-order valence-electron chi connectivity index (χ2n) is 4.18. The molecule has 104 valence electrons. The van der Waals surface area contributed by atoms with Crippen molar-refractivity contribution in [3.63, 3.8) is 0 Å². The molecule has 0 bridgehead atoms. The smallest absolute Gasteiger partial charge is 0.162 e. The Kier molecular flexibility index (Phi) is 4.38. The highest BCUT2D eigenvalue weighted by molar-refractivity contribution is 5.46. The largest absolute Gasteiger partial charge is 0.493 e. The lowest BCUT2D eigenvalue weighted by Gasteiger charge is -2.11. The van der Waals surface area contributed by atoms with Crippen LogP contribution in [0.2, 0.25) is 0 Å². The Morgan fingerprint density at radius 3 is 2.29 bits per heavy atom. The summed E-state index contributed by atoms with van der Waals surface area (Å²) in [4.78, 5) is 0. The molecule has 4 nitrogen and oxygen atoms in total. The van der Waals surface area contributed by atoms with E-state index in [0.717, 1.165) is 6.07 Å². The number of methoxy groups -OCH3 is 1. The number of benzene rings is 2. The van der Waals surface area contributed by atoms with E-state index in [2.05, 4.69) is 0 Å². The molecular formula is C16H11FN2O2. The van der Waals surface area contributed by atoms with Crippen molar-refractivity contribution in [2.24, 2.45) is 0 Å². The Morgan fingerprint density at radius 1 is 1.00 bits per heavy atom. The zero-order valence-corrected chi connectivity index (χ0v) is 11.3. The molecule has 5 heteroatoms. The third-order valence-corrected chi connectivity index (χ3v) is 2.86. The maximum atomic E-state index is 13.7. The van der Waals surface area contributed by atoms with Gasteiger partial charge in [-0.25, -0.2) is 4.39 Å². The molecule has 0 saturated heterocycles. The van der Waals surface area contributed by atoms with Gasteiger partial charge in [-0.2, -0.15) is 10.5 Å². The molecule has 0 aliphatic heterocycles. The molecule has 2 rings (SSSR count). The minimum atomic E-state index is -0.498. The number of rotatable bonds is 4. The second-order valence-corrected chi connectivity index (χ2v) is 4.18. The van der Waals surface area contributed by atoms with Crippen LogP contribution in [0.1, 0.15) is 16.7 Å². The molecule has 0 saturated carbocycles. The van der Waals surface area contributed by atoms with Gasteiger partial charge in [0.25, 0.3) is 0 Å². The van der Waals surface area contributed by atoms with Gasteiger partial charge in [0.05, 0.1) is 30.4 Å². The summed E-state index contributed by atoms with van der Waals surface area (Å²) in [5.41, 5.74) is 1.04. The Bertz CT molecular complexity index is 745. The first-order valence-corrected chi connectivity index (χ1v) is 6.07. The van der Waals surface area contributed by atoms with Crippen LogP contribution >= 0.6 is 0 Å². The fraction of sp³-hybridized carbons (Fsp3) is 0.125. The van der Waals surface area contributed by atoms with Crippen molar-refractivity contribution in [1.29, 1.82) is 10.5 Å². The maximum Gasteiger partial charge on any atom is 0.162 e. The molecule has 0 atom stereocenters. The van der Waals surface area contributed by atoms with Crippen molar-refractivity contribution in [1.82, 2.24) is 0 Å². The van der Waals surface area contributed by atoms with Crippen molar-refractivity contribution in [3.05, 3.63) is 58.9 Å². The molecule has 0 aliphatic rings. The van der Waals surface area contributed by atoms with Gasteiger partial charge in [-0.3, -0.25) is 0 Å². The molecular weight excluding hydrogens is 271 g/mol. The lowest BCUT2D eigenvalue weighted by atomic mass is 10.1. The minimum Gasteiger partial charge on any atom is -0.493 e. The number of ether oxygens (including phenoxy) is 2. The predicted molar refractivity (Wildman–Crippen MR) is 73.2 cm³/mol. The molecule has 2 aromatic rings. The van der Waals surface area contributed by atoms with Gasteiger partial charge >= 0.3 is 0 Å². The zero-order chi connectivity index (χ0) is 15.2. The molecule has 0 aromatic heterocycles. The van der Waals surface area contributed by atoms with Crippen LogP contribution in [0.15, 0.2) is 36.4 Å². The van der Waals surface area contributed by atoms with Gasteiger partial charge in [-0.15, -0.1) is 0 Å². The molecule has 0 amide bonds. The maximum absolute atomic E-state index is 13.7. The van der Waals surface area contributed by atoms with Crippen LogP contribution in [0.4, 0.5) is 4.39 Å². The molecule has 2 aromatic carbocycles. The van der Waals surface area contributed by atoms with Crippen molar-refractivity contribution in [3.8, 4) is 23.6 Å². The van der Waals surface area contributed by atoms with Crippen LogP contribution in [0.3, 0.4) is 0 Å². The summed E-state index contributed by atoms with van der Waals surface area (Å²) in [5.74, 6) is 0.324. The standard InChI is InChI=1S/C16H11FN2O2/c1-20-16-7-12(9-19)3-5-15(16)21-10-13-4-2-11(8-18)6-14(13)17/h2-7H,10H2,1H3. The third kappa shape index (κ3) is 3.29. The molecule has 0 radical (unpaired) electrons. The normalized spacial score (nSPS) is 9.52. The lowest BCUT2D eigenvalue weighted by molar-refractivity contribution is 0.279. The van der Waals surface area contributed by atoms with Gasteiger partial charge in [-0.05, 0) is 24.3 Å². The molecule has 0 unspecified atom stereocenters. The van der Waals surface area contributed by atoms with Gasteiger partial charge in [0.2, 0.25) is 0 Å². The van der Waals surface area contributed by atoms with Crippen LogP contribution in [0.5, 0.6) is 11.5 Å². The molecule has 0 aliphatic carbocycles. The summed E-state index contributed by atoms with van der Waals surface area (Å²) in [6.45, 7) is -0.000196. The van der Waals surface area contributed by atoms with E-state index in [1.54, 1.807) is 18.2 Å². The van der Waals surface area contributed by atoms with E-state index in [-0.39, 0.29) is 12.2 Å². The van der Waals surface area contributed by atoms with Crippen molar-refractivity contribution in [2.75, 3.05) is 7.11 Å². The summed E-state index contributed by atoms with van der Waals surface area (Å²) in [7, 11) is 1.46. The summed E-state index contributed by atoms with van der Waals surface area (Å²) in [6, 6.07) is 12.8. The third-order valence-electron chi connectivity index (χ3n) is 2.86. The first kappa shape index (κ1) is 14.4. The fourth-order valence-corrected chi connectivity index (χ4v) is 1.75. The molecule has 0 N–H and O–H groups in total. The highest BCUT2D eigenvalue weighted by atomic mass is 19.1. The van der Waals surface area contributed by atoms with E-state index in [4.69, 9.17) is 20.0 Å². The summed E-state index contributed by atoms with van der Waals surface area (Å²) in [5, 5.41) is 17.5. The highest BCUT2D eigenvalue weighted by Crippen LogP contribution is 2.28. The van der Waals surface area contributed by atoms with Gasteiger partial charge in [0.1, 0.15) is 12.4 Å². The first-order valence-electron chi connectivity index (χ1n) is 6.07. The van der Waals surface area contributed by atoms with E-state index in [1.165, 1.54) is 19.2 Å². The molecule has 21 heavy (non-hydrogen) atoms. The van der Waals surface area contributed by atoms with E-state index < -0.39 is 5.82 Å². The summed E-state index contributed by atoms with van der Waals surface area (Å²) in [6.07, 6.45) is 0. The Balaban J connectivity index is 2.17. The average Bonchev–Trinajstić information content (AvgIpc) is 2.53. The summed E-state index contributed by atoms with van der Waals surface area (Å²) < 4.78 is 24.4. The van der Waals surface area contributed by atoms with Crippen molar-refractivity contribution >= 4 is 0 Å². The van der Waals surface area contributed by atoms with Gasteiger partial charge in [0, 0.05) is 11.6 Å². The van der Waals surface area contributed by atoms with Crippen LogP contribution in [0, 0.1) is 28.5 Å². The molecule has 0 spiro atoms. The Hall–Kier alpha value is -3.05. The number of hydrogen-bond donors (Lipinski definition) is 0. The van der Waals surface area contributed by atoms with E-state index in [9.17, 15) is 4.39 Å². The lowest BCUT2D eigenvalue weighted by Crippen LogP contribution is -2.00. The monoisotopic (exact) mass is 282 g/mol. The quantitative estimate of drug-likeness (QED) is 0.864. The summed E-state index contributed by atoms with van der Waals surface area (Å²) >= 11 is 0. The van der Waals surface area contributed by atoms with E-state index in [0.29, 0.717) is 22.6 Å². The zero-order valence-electron chi connectivity index (χ0n) is 11.3. The van der Waals surface area contributed by atoms with Gasteiger partial charge in [0.15, 0.2) is 11.5 Å². The Labute approximate surface area is 121 Å². The first-order chi connectivity index (χ1) is 10.2. The van der Waals surface area contributed by atoms with E-state index in [1.807, 2.05) is 12.1 Å². The van der Waals surface area contributed by atoms with Crippen molar-refractivity contribution in [2.45, 2.75) is 6.61 Å². The van der Waals surface area contributed by atoms with E-state index >= 15 is 0 Å². The second kappa shape index (κ2) is 6.40. The number of nitriles is 2. The SMILES string of the molecule is COc1cc(C#N)ccc1OCc1ccc(C#N)cc1F. The molecule has 0 heterocycles. The fourth-order valence-electron chi connectivity index (χ4n) is 1.75. The highest BCUT2D eigenvalue weighted by Gasteiger charge is 2.08. The van der Waals surface area contributed by atoms with Gasteiger partial charge < -0.3 is 9.47 Å². The van der Waals surface area contributed by atoms with Crippen LogP contribution in [-0.4, -0.2) is 7.11 Å². The predicted octanol–water partition coefficient (Wildman–Crippen LogP) is 3.16. The van der Waals surface area contributed by atoms with Crippen LogP contribution in [0.25, 0.3) is 0 Å².